The van der Waals surface area contributed by atoms with Crippen LogP contribution in [-0.4, -0.2) is 37.2 Å². The minimum atomic E-state index is -0.879. The van der Waals surface area contributed by atoms with Crippen molar-refractivity contribution < 1.29 is 28.6 Å². The summed E-state index contributed by atoms with van der Waals surface area (Å²) in [5.41, 5.74) is 0. The van der Waals surface area contributed by atoms with Crippen molar-refractivity contribution >= 4 is 17.9 Å². The van der Waals surface area contributed by atoms with Gasteiger partial charge < -0.3 is 14.2 Å². The fraction of sp³-hybridized carbons (Fsp3) is 0.613. The van der Waals surface area contributed by atoms with Crippen LogP contribution in [0.1, 0.15) is 278 Å². The minimum Gasteiger partial charge on any atom is -0.462 e. The molecule has 6 heteroatoms. The molecule has 0 aliphatic heterocycles. The Morgan fingerprint density at radius 1 is 0.272 bits per heavy atom. The van der Waals surface area contributed by atoms with Gasteiger partial charge in [0.1, 0.15) is 13.2 Å². The first kappa shape index (κ1) is 76.0. The predicted molar refractivity (Wildman–Crippen MR) is 352 cm³/mol. The molecule has 0 amide bonds. The number of esters is 3. The van der Waals surface area contributed by atoms with Crippen LogP contribution < -0.4 is 0 Å². The van der Waals surface area contributed by atoms with Crippen molar-refractivity contribution in [1.29, 1.82) is 0 Å². The molecule has 1 atom stereocenters. The average Bonchev–Trinajstić information content (AvgIpc) is 3.47. The van der Waals surface area contributed by atoms with E-state index in [1.54, 1.807) is 12.2 Å². The van der Waals surface area contributed by atoms with Gasteiger partial charge in [0, 0.05) is 6.42 Å². The van der Waals surface area contributed by atoms with E-state index in [-0.39, 0.29) is 32.0 Å². The molecule has 0 aliphatic carbocycles. The molecule has 0 aromatic carbocycles. The third-order valence-corrected chi connectivity index (χ3v) is 13.6. The summed E-state index contributed by atoms with van der Waals surface area (Å²) in [6.45, 7) is 6.23. The maximum atomic E-state index is 12.8. The van der Waals surface area contributed by atoms with Gasteiger partial charge in [-0.25, -0.2) is 0 Å². The Hall–Kier alpha value is -4.97. The molecule has 0 aliphatic rings. The van der Waals surface area contributed by atoms with E-state index in [1.807, 2.05) is 12.2 Å². The van der Waals surface area contributed by atoms with Crippen LogP contribution >= 0.6 is 0 Å². The minimum absolute atomic E-state index is 0.0720. The van der Waals surface area contributed by atoms with E-state index >= 15 is 0 Å². The molecule has 0 bridgehead atoms. The average molecular weight is 1120 g/mol. The van der Waals surface area contributed by atoms with E-state index in [2.05, 4.69) is 154 Å². The van der Waals surface area contributed by atoms with Crippen LogP contribution in [0.15, 0.2) is 158 Å². The molecule has 0 aromatic heterocycles. The number of ether oxygens (including phenoxy) is 3. The molecule has 1 unspecified atom stereocenters. The van der Waals surface area contributed by atoms with Gasteiger partial charge in [-0.2, -0.15) is 0 Å². The van der Waals surface area contributed by atoms with E-state index in [0.29, 0.717) is 19.3 Å². The Balaban J connectivity index is 4.31. The van der Waals surface area contributed by atoms with Crippen LogP contribution in [0.5, 0.6) is 0 Å². The van der Waals surface area contributed by atoms with Gasteiger partial charge in [-0.3, -0.25) is 14.4 Å². The summed E-state index contributed by atoms with van der Waals surface area (Å²) in [6.07, 6.45) is 99.0. The van der Waals surface area contributed by atoms with Crippen LogP contribution in [0.25, 0.3) is 0 Å². The molecular formula is C75H120O6. The van der Waals surface area contributed by atoms with E-state index in [1.165, 1.54) is 141 Å². The summed E-state index contributed by atoms with van der Waals surface area (Å²) in [5, 5.41) is 0. The Kier molecular flexibility index (Phi) is 63.4. The zero-order valence-electron chi connectivity index (χ0n) is 52.2. The zero-order valence-corrected chi connectivity index (χ0v) is 52.2. The molecule has 0 heterocycles. The van der Waals surface area contributed by atoms with Gasteiger partial charge in [-0.05, 0) is 109 Å². The van der Waals surface area contributed by atoms with Crippen LogP contribution in [0, 0.1) is 0 Å². The van der Waals surface area contributed by atoms with Crippen LogP contribution in [0.2, 0.25) is 0 Å². The first-order valence-electron chi connectivity index (χ1n) is 33.0. The summed E-state index contributed by atoms with van der Waals surface area (Å²) in [6, 6.07) is 0. The van der Waals surface area contributed by atoms with Gasteiger partial charge in [0.2, 0.25) is 0 Å². The zero-order chi connectivity index (χ0) is 58.5. The quantitative estimate of drug-likeness (QED) is 0.0261. The van der Waals surface area contributed by atoms with Crippen molar-refractivity contribution in [3.8, 4) is 0 Å². The van der Waals surface area contributed by atoms with Crippen molar-refractivity contribution in [1.82, 2.24) is 0 Å². The van der Waals surface area contributed by atoms with Crippen LogP contribution in [-0.2, 0) is 28.6 Å². The second-order valence-electron chi connectivity index (χ2n) is 21.3. The van der Waals surface area contributed by atoms with Crippen LogP contribution in [0.3, 0.4) is 0 Å². The van der Waals surface area contributed by atoms with E-state index in [4.69, 9.17) is 14.2 Å². The number of hydrogen-bond donors (Lipinski definition) is 0. The SMILES string of the molecule is CC/C=C\C/C=C\C/C=C\C/C=C\C/C=C\CC(=O)OCC(COC(=O)CCCCCCCCCCCCCCCCCCCC/C=C\C/C=C\C/C=C\CCCCCCC)OC(=O)C/C=C\C/C=C\C/C=C\C/C=C\C/C=C\CC. The Morgan fingerprint density at radius 3 is 0.864 bits per heavy atom. The Morgan fingerprint density at radius 2 is 0.531 bits per heavy atom. The summed E-state index contributed by atoms with van der Waals surface area (Å²) in [4.78, 5) is 38.1. The van der Waals surface area contributed by atoms with Gasteiger partial charge in [0.25, 0.3) is 0 Å². The van der Waals surface area contributed by atoms with Crippen molar-refractivity contribution in [3.63, 3.8) is 0 Å². The largest absolute Gasteiger partial charge is 0.462 e. The van der Waals surface area contributed by atoms with Crippen molar-refractivity contribution in [2.24, 2.45) is 0 Å². The standard InChI is InChI=1S/C75H120O6/c1-4-7-10-13-16-19-22-25-28-29-30-31-32-33-34-35-36-37-38-39-40-41-42-43-44-45-48-50-53-56-59-62-65-68-74(77)80-71-72(81-75(78)69-66-63-60-57-54-51-47-27-24-21-18-15-12-9-6-3)70-79-73(76)67-64-61-58-55-52-49-46-26-23-20-17-14-11-8-5-2/h8-9,11-12,17-18,20-22,25-27,29-30,32-33,46-47,52,54-55,57,61,63-64,66,72H,4-7,10,13-16,19,23-24,28,31,34-45,48-51,53,56,58-60,62,65,67-71H2,1-3H3/b11-8-,12-9-,20-17-,21-18-,25-22-,30-29-,33-32-,46-26-,47-27-,55-52-,57-54-,64-61-,66-63-. The first-order chi connectivity index (χ1) is 40.0. The highest BCUT2D eigenvalue weighted by Crippen LogP contribution is 2.16. The van der Waals surface area contributed by atoms with Crippen LogP contribution in [0.4, 0.5) is 0 Å². The molecule has 0 saturated carbocycles. The lowest BCUT2D eigenvalue weighted by molar-refractivity contribution is -0.166. The number of unbranched alkanes of at least 4 members (excludes halogenated alkanes) is 23. The number of carbonyl (C=O) groups is 3. The Bertz CT molecular complexity index is 1810. The highest BCUT2D eigenvalue weighted by atomic mass is 16.6. The third-order valence-electron chi connectivity index (χ3n) is 13.6. The number of rotatable bonds is 58. The molecule has 0 radical (unpaired) electrons. The van der Waals surface area contributed by atoms with Crippen molar-refractivity contribution in [3.05, 3.63) is 158 Å². The molecule has 0 fully saturated rings. The second kappa shape index (κ2) is 67.5. The van der Waals surface area contributed by atoms with Gasteiger partial charge in [0.15, 0.2) is 6.10 Å². The highest BCUT2D eigenvalue weighted by molar-refractivity contribution is 5.72. The molecule has 0 N–H and O–H groups in total. The lowest BCUT2D eigenvalue weighted by atomic mass is 10.0. The smallest absolute Gasteiger partial charge is 0.310 e. The maximum Gasteiger partial charge on any atom is 0.310 e. The molecule has 6 nitrogen and oxygen atoms in total. The second-order valence-corrected chi connectivity index (χ2v) is 21.3. The number of allylic oxidation sites excluding steroid dienone is 24. The summed E-state index contributed by atoms with van der Waals surface area (Å²) < 4.78 is 16.7. The Labute approximate surface area is 499 Å². The molecule has 0 saturated heterocycles. The maximum absolute atomic E-state index is 12.8. The lowest BCUT2D eigenvalue weighted by Gasteiger charge is -2.17. The van der Waals surface area contributed by atoms with Gasteiger partial charge in [-0.1, -0.05) is 307 Å². The highest BCUT2D eigenvalue weighted by Gasteiger charge is 2.19. The molecule has 0 aromatic rings. The van der Waals surface area contributed by atoms with Gasteiger partial charge in [-0.15, -0.1) is 0 Å². The molecule has 81 heavy (non-hydrogen) atoms. The first-order valence-corrected chi connectivity index (χ1v) is 33.0. The van der Waals surface area contributed by atoms with E-state index in [9.17, 15) is 14.4 Å². The molecule has 456 valence electrons. The summed E-state index contributed by atoms with van der Waals surface area (Å²) in [5.74, 6) is -1.22. The fourth-order valence-corrected chi connectivity index (χ4v) is 8.72. The molecular weight excluding hydrogens is 997 g/mol. The number of hydrogen-bond acceptors (Lipinski definition) is 6. The van der Waals surface area contributed by atoms with Crippen molar-refractivity contribution in [2.45, 2.75) is 284 Å². The van der Waals surface area contributed by atoms with E-state index in [0.717, 1.165) is 83.5 Å². The fourth-order valence-electron chi connectivity index (χ4n) is 8.72. The normalized spacial score (nSPS) is 13.2. The third kappa shape index (κ3) is 65.7. The van der Waals surface area contributed by atoms with E-state index < -0.39 is 18.0 Å². The van der Waals surface area contributed by atoms with Gasteiger partial charge in [0.05, 0.1) is 12.8 Å². The monoisotopic (exact) mass is 1120 g/mol. The topological polar surface area (TPSA) is 78.9 Å². The van der Waals surface area contributed by atoms with Crippen molar-refractivity contribution in [2.75, 3.05) is 13.2 Å². The molecule has 0 rings (SSSR count). The predicted octanol–water partition coefficient (Wildman–Crippen LogP) is 22.9. The summed E-state index contributed by atoms with van der Waals surface area (Å²) in [7, 11) is 0. The lowest BCUT2D eigenvalue weighted by Crippen LogP contribution is -2.30. The summed E-state index contributed by atoms with van der Waals surface area (Å²) >= 11 is 0. The molecule has 0 spiro atoms. The number of carbonyl (C=O) groups excluding carboxylic acids is 3. The van der Waals surface area contributed by atoms with Gasteiger partial charge >= 0.3 is 17.9 Å².